The lowest BCUT2D eigenvalue weighted by atomic mass is 10.2. The second-order valence-electron chi connectivity index (χ2n) is 5.23. The van der Waals surface area contributed by atoms with Crippen molar-refractivity contribution in [3.8, 4) is 0 Å². The Morgan fingerprint density at radius 1 is 1.35 bits per heavy atom. The third kappa shape index (κ3) is 5.09. The fourth-order valence-corrected chi connectivity index (χ4v) is 2.89. The second-order valence-corrected chi connectivity index (χ2v) is 7.75. The third-order valence-electron chi connectivity index (χ3n) is 2.25. The Balaban J connectivity index is 2.76. The Morgan fingerprint density at radius 3 is 2.45 bits per heavy atom. The van der Waals surface area contributed by atoms with E-state index in [1.165, 1.54) is 0 Å². The maximum Gasteiger partial charge on any atom is 0.307 e. The molecule has 7 heteroatoms. The fourth-order valence-electron chi connectivity index (χ4n) is 1.40. The van der Waals surface area contributed by atoms with Gasteiger partial charge in [-0.2, -0.15) is 0 Å². The van der Waals surface area contributed by atoms with Gasteiger partial charge in [0.1, 0.15) is 11.4 Å². The van der Waals surface area contributed by atoms with E-state index in [1.54, 1.807) is 20.8 Å². The first-order valence-electron chi connectivity index (χ1n) is 5.91. The van der Waals surface area contributed by atoms with Crippen molar-refractivity contribution >= 4 is 27.4 Å². The van der Waals surface area contributed by atoms with E-state index in [1.807, 2.05) is 0 Å². The zero-order valence-electron chi connectivity index (χ0n) is 11.4. The molecule has 0 atom stereocenters. The minimum atomic E-state index is -3.70. The molecule has 0 saturated carbocycles. The van der Waals surface area contributed by atoms with E-state index >= 15 is 0 Å². The van der Waals surface area contributed by atoms with Crippen LogP contribution in [0.15, 0.2) is 23.1 Å². The number of sulfone groups is 1. The molecule has 0 fully saturated rings. The van der Waals surface area contributed by atoms with E-state index in [0.717, 1.165) is 18.2 Å². The number of hydrogen-bond donors (Lipinski definition) is 0. The molecule has 0 amide bonds. The molecule has 0 spiro atoms. The number of rotatable bonds is 4. The van der Waals surface area contributed by atoms with Crippen LogP contribution in [0, 0.1) is 5.82 Å². The van der Waals surface area contributed by atoms with Gasteiger partial charge in [-0.25, -0.2) is 12.8 Å². The van der Waals surface area contributed by atoms with E-state index < -0.39 is 33.0 Å². The lowest BCUT2D eigenvalue weighted by Crippen LogP contribution is -2.25. The molecular formula is C13H16ClFO4S. The lowest BCUT2D eigenvalue weighted by Gasteiger charge is -2.19. The summed E-state index contributed by atoms with van der Waals surface area (Å²) in [5.74, 6) is -1.71. The molecule has 0 saturated heterocycles. The molecule has 4 nitrogen and oxygen atoms in total. The molecule has 20 heavy (non-hydrogen) atoms. The molecule has 1 aromatic rings. The molecule has 0 N–H and O–H groups in total. The number of carbonyl (C=O) groups excluding carboxylic acids is 1. The van der Waals surface area contributed by atoms with Gasteiger partial charge < -0.3 is 4.74 Å². The van der Waals surface area contributed by atoms with Crippen molar-refractivity contribution < 1.29 is 22.3 Å². The topological polar surface area (TPSA) is 60.4 Å². The number of carbonyl (C=O) groups is 1. The highest BCUT2D eigenvalue weighted by atomic mass is 35.5. The van der Waals surface area contributed by atoms with Gasteiger partial charge in [0.15, 0.2) is 9.84 Å². The number of esters is 1. The minimum absolute atomic E-state index is 0.118. The average molecular weight is 323 g/mol. The van der Waals surface area contributed by atoms with Gasteiger partial charge in [-0.3, -0.25) is 4.79 Å². The van der Waals surface area contributed by atoms with Crippen molar-refractivity contribution in [2.75, 3.05) is 5.75 Å². The molecule has 0 bridgehead atoms. The smallest absolute Gasteiger partial charge is 0.307 e. The van der Waals surface area contributed by atoms with Gasteiger partial charge in [-0.15, -0.1) is 0 Å². The van der Waals surface area contributed by atoms with E-state index in [2.05, 4.69) is 0 Å². The maximum absolute atomic E-state index is 13.0. The van der Waals surface area contributed by atoms with Crippen molar-refractivity contribution in [3.63, 3.8) is 0 Å². The Bertz CT molecular complexity index is 605. The zero-order chi connectivity index (χ0) is 15.6. The van der Waals surface area contributed by atoms with E-state index in [4.69, 9.17) is 16.3 Å². The summed E-state index contributed by atoms with van der Waals surface area (Å²) in [5, 5.41) is -0.275. The van der Waals surface area contributed by atoms with Crippen LogP contribution in [-0.2, 0) is 19.4 Å². The molecule has 1 aromatic carbocycles. The molecule has 0 aliphatic heterocycles. The van der Waals surface area contributed by atoms with Crippen LogP contribution in [0.1, 0.15) is 27.2 Å². The van der Waals surface area contributed by atoms with E-state index in [0.29, 0.717) is 0 Å². The van der Waals surface area contributed by atoms with Crippen molar-refractivity contribution in [2.45, 2.75) is 37.7 Å². The van der Waals surface area contributed by atoms with Crippen LogP contribution in [-0.4, -0.2) is 25.7 Å². The monoisotopic (exact) mass is 322 g/mol. The summed E-state index contributed by atoms with van der Waals surface area (Å²) >= 11 is 5.54. The number of halogens is 2. The van der Waals surface area contributed by atoms with Gasteiger partial charge in [0.25, 0.3) is 0 Å². The highest BCUT2D eigenvalue weighted by Gasteiger charge is 2.21. The number of benzene rings is 1. The van der Waals surface area contributed by atoms with Crippen LogP contribution in [0.3, 0.4) is 0 Å². The Kier molecular flexibility index (Phi) is 5.15. The average Bonchev–Trinajstić information content (AvgIpc) is 2.28. The Labute approximate surface area is 122 Å². The van der Waals surface area contributed by atoms with Gasteiger partial charge >= 0.3 is 5.97 Å². The van der Waals surface area contributed by atoms with Crippen molar-refractivity contribution in [1.82, 2.24) is 0 Å². The molecule has 0 aliphatic rings. The zero-order valence-corrected chi connectivity index (χ0v) is 13.0. The summed E-state index contributed by atoms with van der Waals surface area (Å²) in [4.78, 5) is 11.4. The summed E-state index contributed by atoms with van der Waals surface area (Å²) < 4.78 is 42.0. The summed E-state index contributed by atoms with van der Waals surface area (Å²) in [6.45, 7) is 5.08. The van der Waals surface area contributed by atoms with Gasteiger partial charge in [-0.1, -0.05) is 11.6 Å². The van der Waals surface area contributed by atoms with Crippen molar-refractivity contribution in [3.05, 3.63) is 29.0 Å². The molecule has 0 heterocycles. The molecular weight excluding hydrogens is 307 g/mol. The lowest BCUT2D eigenvalue weighted by molar-refractivity contribution is -0.154. The summed E-state index contributed by atoms with van der Waals surface area (Å²) in [6.07, 6.45) is -0.269. The largest absolute Gasteiger partial charge is 0.460 e. The first kappa shape index (κ1) is 16.9. The number of hydrogen-bond acceptors (Lipinski definition) is 4. The van der Waals surface area contributed by atoms with Crippen LogP contribution >= 0.6 is 11.6 Å². The molecule has 0 aromatic heterocycles. The predicted octanol–water partition coefficient (Wildman–Crippen LogP) is 2.98. The normalized spacial score (nSPS) is 12.2. The first-order chi connectivity index (χ1) is 9.01. The fraction of sp³-hybridized carbons (Fsp3) is 0.462. The van der Waals surface area contributed by atoms with Crippen LogP contribution < -0.4 is 0 Å². The molecule has 0 radical (unpaired) electrons. The van der Waals surface area contributed by atoms with Crippen LogP contribution in [0.2, 0.25) is 5.02 Å². The van der Waals surface area contributed by atoms with Gasteiger partial charge in [0.2, 0.25) is 0 Å². The van der Waals surface area contributed by atoms with E-state index in [-0.39, 0.29) is 16.3 Å². The first-order valence-corrected chi connectivity index (χ1v) is 7.94. The van der Waals surface area contributed by atoms with Crippen molar-refractivity contribution in [1.29, 1.82) is 0 Å². The van der Waals surface area contributed by atoms with Crippen molar-refractivity contribution in [2.24, 2.45) is 0 Å². The second kappa shape index (κ2) is 6.10. The molecule has 0 aliphatic carbocycles. The Hall–Kier alpha value is -1.14. The molecule has 0 unspecified atom stereocenters. The standard InChI is InChI=1S/C13H16ClFO4S/c1-13(2,3)19-12(16)6-7-20(17,18)9-4-5-11(15)10(14)8-9/h4-5,8H,6-7H2,1-3H3. The van der Waals surface area contributed by atoms with Gasteiger partial charge in [-0.05, 0) is 39.0 Å². The molecule has 112 valence electrons. The van der Waals surface area contributed by atoms with Crippen LogP contribution in [0.25, 0.3) is 0 Å². The quantitative estimate of drug-likeness (QED) is 0.631. The number of ether oxygens (including phenoxy) is 1. The highest BCUT2D eigenvalue weighted by Crippen LogP contribution is 2.21. The highest BCUT2D eigenvalue weighted by molar-refractivity contribution is 7.91. The third-order valence-corrected chi connectivity index (χ3v) is 4.25. The summed E-state index contributed by atoms with van der Waals surface area (Å²) in [6, 6.07) is 3.12. The molecule has 1 rings (SSSR count). The van der Waals surface area contributed by atoms with E-state index in [9.17, 15) is 17.6 Å². The minimum Gasteiger partial charge on any atom is -0.460 e. The summed E-state index contributed by atoms with van der Waals surface area (Å²) in [7, 11) is -3.70. The Morgan fingerprint density at radius 2 is 1.95 bits per heavy atom. The van der Waals surface area contributed by atoms with Gasteiger partial charge in [0.05, 0.1) is 22.1 Å². The SMILES string of the molecule is CC(C)(C)OC(=O)CCS(=O)(=O)c1ccc(F)c(Cl)c1. The maximum atomic E-state index is 13.0. The van der Waals surface area contributed by atoms with Crippen LogP contribution in [0.4, 0.5) is 4.39 Å². The summed E-state index contributed by atoms with van der Waals surface area (Å²) in [5.41, 5.74) is -0.667. The predicted molar refractivity (Wildman–Crippen MR) is 73.9 cm³/mol. The van der Waals surface area contributed by atoms with Gasteiger partial charge in [0, 0.05) is 0 Å². The van der Waals surface area contributed by atoms with Crippen LogP contribution in [0.5, 0.6) is 0 Å².